The highest BCUT2D eigenvalue weighted by Gasteiger charge is 1.99. The monoisotopic (exact) mass is 166 g/mol. The lowest BCUT2D eigenvalue weighted by Gasteiger charge is -2.08. The third kappa shape index (κ3) is 0.797. The zero-order chi connectivity index (χ0) is 8.72. The van der Waals surface area contributed by atoms with Gasteiger partial charge in [0.2, 0.25) is 0 Å². The Hall–Kier alpha value is -2.05. The van der Waals surface area contributed by atoms with E-state index >= 15 is 0 Å². The van der Waals surface area contributed by atoms with Crippen molar-refractivity contribution in [3.8, 4) is 11.9 Å². The molecule has 0 spiro atoms. The van der Waals surface area contributed by atoms with Gasteiger partial charge < -0.3 is 15.2 Å². The van der Waals surface area contributed by atoms with E-state index in [1.54, 1.807) is 0 Å². The Kier molecular flexibility index (Phi) is 1.09. The van der Waals surface area contributed by atoms with Crippen LogP contribution in [-0.2, 0) is 0 Å². The summed E-state index contributed by atoms with van der Waals surface area (Å²) in [5.74, 6) is -0.775. The van der Waals surface area contributed by atoms with Crippen LogP contribution in [0.1, 0.15) is 0 Å². The molecular formula is C5H2N4O3-2. The lowest BCUT2D eigenvalue weighted by atomic mass is 10.5. The van der Waals surface area contributed by atoms with Gasteiger partial charge in [-0.15, -0.1) is 0 Å². The van der Waals surface area contributed by atoms with Crippen molar-refractivity contribution in [2.75, 3.05) is 0 Å². The second-order valence-corrected chi connectivity index (χ2v) is 2.11. The molecule has 0 radical (unpaired) electrons. The number of fused-ring (bicyclic) bond motifs is 1. The molecule has 0 aromatic carbocycles. The van der Waals surface area contributed by atoms with Crippen LogP contribution in [0.3, 0.4) is 0 Å². The van der Waals surface area contributed by atoms with Gasteiger partial charge in [0.1, 0.15) is 0 Å². The number of nitrogens with one attached hydrogen (secondary N) is 2. The minimum absolute atomic E-state index is 0.0509. The molecule has 0 atom stereocenters. The van der Waals surface area contributed by atoms with Gasteiger partial charge in [-0.2, -0.15) is 0 Å². The molecule has 0 saturated heterocycles. The molecule has 0 amide bonds. The smallest absolute Gasteiger partial charge is 0.325 e. The van der Waals surface area contributed by atoms with E-state index in [0.717, 1.165) is 0 Å². The zero-order valence-electron chi connectivity index (χ0n) is 5.62. The minimum atomic E-state index is -0.900. The molecule has 12 heavy (non-hydrogen) atoms. The lowest BCUT2D eigenvalue weighted by molar-refractivity contribution is -0.295. The summed E-state index contributed by atoms with van der Waals surface area (Å²) in [6.45, 7) is 0. The molecule has 7 nitrogen and oxygen atoms in total. The van der Waals surface area contributed by atoms with Crippen LogP contribution in [-0.4, -0.2) is 19.9 Å². The van der Waals surface area contributed by atoms with Crippen LogP contribution in [0.15, 0.2) is 4.79 Å². The molecule has 2 aromatic heterocycles. The van der Waals surface area contributed by atoms with Crippen molar-refractivity contribution in [1.29, 1.82) is 0 Å². The van der Waals surface area contributed by atoms with Crippen LogP contribution in [0.4, 0.5) is 0 Å². The topological polar surface area (TPSA) is 121 Å². The van der Waals surface area contributed by atoms with Crippen LogP contribution in [0, 0.1) is 0 Å². The average molecular weight is 166 g/mol. The maximum Gasteiger partial charge on any atom is 0.325 e. The Labute approximate surface area is 64.7 Å². The van der Waals surface area contributed by atoms with Gasteiger partial charge in [0.05, 0.1) is 11.5 Å². The summed E-state index contributed by atoms with van der Waals surface area (Å²) in [6.07, 6.45) is 0. The maximum atomic E-state index is 10.9. The molecule has 7 heteroatoms. The van der Waals surface area contributed by atoms with Crippen molar-refractivity contribution in [1.82, 2.24) is 19.9 Å². The number of hydrogen-bond donors (Lipinski definition) is 2. The number of imidazole rings is 1. The van der Waals surface area contributed by atoms with Gasteiger partial charge in [0, 0.05) is 5.88 Å². The fourth-order valence-electron chi connectivity index (χ4n) is 0.876. The number of aromatic amines is 2. The van der Waals surface area contributed by atoms with E-state index in [1.807, 2.05) is 0 Å². The third-order valence-electron chi connectivity index (χ3n) is 1.33. The van der Waals surface area contributed by atoms with E-state index < -0.39 is 17.6 Å². The van der Waals surface area contributed by atoms with Crippen LogP contribution >= 0.6 is 0 Å². The average Bonchev–Trinajstić information content (AvgIpc) is 2.29. The summed E-state index contributed by atoms with van der Waals surface area (Å²) < 4.78 is 0. The molecule has 0 aliphatic carbocycles. The Bertz CT molecular complexity index is 485. The van der Waals surface area contributed by atoms with E-state index in [9.17, 15) is 15.0 Å². The molecule has 0 unspecified atom stereocenters. The van der Waals surface area contributed by atoms with Crippen molar-refractivity contribution >= 4 is 11.2 Å². The fourth-order valence-corrected chi connectivity index (χ4v) is 0.876. The first kappa shape index (κ1) is 6.65. The Morgan fingerprint density at radius 3 is 2.67 bits per heavy atom. The quantitative estimate of drug-likeness (QED) is 0.459. The van der Waals surface area contributed by atoms with Crippen LogP contribution < -0.4 is 15.9 Å². The van der Waals surface area contributed by atoms with Gasteiger partial charge in [-0.3, -0.25) is 9.97 Å². The molecule has 2 N–H and O–H groups in total. The van der Waals surface area contributed by atoms with Gasteiger partial charge in [-0.05, 0) is 0 Å². The second-order valence-electron chi connectivity index (χ2n) is 2.11. The lowest BCUT2D eigenvalue weighted by Crippen LogP contribution is -2.03. The molecule has 2 heterocycles. The van der Waals surface area contributed by atoms with Crippen LogP contribution in [0.25, 0.3) is 11.2 Å². The number of nitrogens with zero attached hydrogens (tertiary/aromatic N) is 2. The zero-order valence-corrected chi connectivity index (χ0v) is 5.62. The standard InChI is InChI=1S/C5H4N4O3/c10-3-1-2(7-4(11)6-1)8-5(12)9-3/h(H4,6,7,8,9,10,11,12)/p-2. The van der Waals surface area contributed by atoms with E-state index in [1.165, 1.54) is 0 Å². The van der Waals surface area contributed by atoms with Crippen molar-refractivity contribution in [3.05, 3.63) is 10.5 Å². The largest absolute Gasteiger partial charge is 0.857 e. The van der Waals surface area contributed by atoms with E-state index in [4.69, 9.17) is 0 Å². The number of rotatable bonds is 0. The van der Waals surface area contributed by atoms with Crippen LogP contribution in [0.5, 0.6) is 11.9 Å². The summed E-state index contributed by atoms with van der Waals surface area (Å²) >= 11 is 0. The molecule has 0 saturated carbocycles. The summed E-state index contributed by atoms with van der Waals surface area (Å²) in [5, 5.41) is 21.4. The summed E-state index contributed by atoms with van der Waals surface area (Å²) in [7, 11) is 0. The molecule has 0 fully saturated rings. The molecule has 0 bridgehead atoms. The predicted molar refractivity (Wildman–Crippen MR) is 33.4 cm³/mol. The molecule has 0 aliphatic heterocycles. The van der Waals surface area contributed by atoms with Gasteiger partial charge in [0.15, 0.2) is 5.65 Å². The van der Waals surface area contributed by atoms with Crippen molar-refractivity contribution in [2.24, 2.45) is 0 Å². The maximum absolute atomic E-state index is 10.9. The van der Waals surface area contributed by atoms with Gasteiger partial charge in [-0.1, -0.05) is 0 Å². The van der Waals surface area contributed by atoms with Crippen molar-refractivity contribution in [3.63, 3.8) is 0 Å². The molecule has 2 aromatic rings. The first-order chi connectivity index (χ1) is 5.66. The molecule has 2 rings (SSSR count). The number of hydrogen-bond acceptors (Lipinski definition) is 5. The van der Waals surface area contributed by atoms with E-state index in [-0.39, 0.29) is 11.2 Å². The Morgan fingerprint density at radius 2 is 1.92 bits per heavy atom. The Balaban J connectivity index is 2.97. The molecule has 62 valence electrons. The summed E-state index contributed by atoms with van der Waals surface area (Å²) in [5.41, 5.74) is -0.702. The van der Waals surface area contributed by atoms with Crippen molar-refractivity contribution in [2.45, 2.75) is 0 Å². The molecule has 0 aliphatic rings. The van der Waals surface area contributed by atoms with Gasteiger partial charge >= 0.3 is 5.69 Å². The van der Waals surface area contributed by atoms with E-state index in [2.05, 4.69) is 19.9 Å². The van der Waals surface area contributed by atoms with Crippen LogP contribution in [0.2, 0.25) is 0 Å². The first-order valence-corrected chi connectivity index (χ1v) is 3.01. The fraction of sp³-hybridized carbons (Fsp3) is 0. The minimum Gasteiger partial charge on any atom is -0.857 e. The summed E-state index contributed by atoms with van der Waals surface area (Å²) in [4.78, 5) is 21.3. The Morgan fingerprint density at radius 1 is 1.17 bits per heavy atom. The first-order valence-electron chi connectivity index (χ1n) is 3.01. The van der Waals surface area contributed by atoms with Gasteiger partial charge in [0.25, 0.3) is 0 Å². The molecular weight excluding hydrogens is 164 g/mol. The van der Waals surface area contributed by atoms with Crippen molar-refractivity contribution < 1.29 is 10.2 Å². The highest BCUT2D eigenvalue weighted by molar-refractivity contribution is 5.74. The second kappa shape index (κ2) is 1.97. The normalized spacial score (nSPS) is 10.7. The van der Waals surface area contributed by atoms with Gasteiger partial charge in [-0.25, -0.2) is 9.78 Å². The predicted octanol–water partition coefficient (Wildman–Crippen LogP) is -2.21. The highest BCUT2D eigenvalue weighted by atomic mass is 16.3. The SMILES string of the molecule is O=c1[nH]c2nc([O-])nc([O-])c2[nH]1. The number of H-pyrrole nitrogens is 2. The van der Waals surface area contributed by atoms with E-state index in [0.29, 0.717) is 0 Å². The summed E-state index contributed by atoms with van der Waals surface area (Å²) in [6, 6.07) is -0.900. The highest BCUT2D eigenvalue weighted by Crippen LogP contribution is 2.13. The third-order valence-corrected chi connectivity index (χ3v) is 1.33. The number of aromatic nitrogens is 4.